The Balaban J connectivity index is 2.44. The number of carbonyl (C=O) groups is 1. The summed E-state index contributed by atoms with van der Waals surface area (Å²) in [5.74, 6) is -0.193. The number of pyridine rings is 1. The van der Waals surface area contributed by atoms with Gasteiger partial charge in [0.05, 0.1) is 13.0 Å². The molecule has 15 heavy (non-hydrogen) atoms. The fourth-order valence-corrected chi connectivity index (χ4v) is 1.10. The first-order valence-corrected chi connectivity index (χ1v) is 5.02. The summed E-state index contributed by atoms with van der Waals surface area (Å²) in [6.07, 6.45) is 7.83. The number of hydrogen-bond acceptors (Lipinski definition) is 2. The summed E-state index contributed by atoms with van der Waals surface area (Å²) in [4.78, 5) is 11.0. The Hall–Kier alpha value is -1.64. The van der Waals surface area contributed by atoms with Crippen LogP contribution in [-0.2, 0) is 9.53 Å². The van der Waals surface area contributed by atoms with Crippen LogP contribution in [-0.4, -0.2) is 12.6 Å². The lowest BCUT2D eigenvalue weighted by atomic mass is 10.3. The summed E-state index contributed by atoms with van der Waals surface area (Å²) in [6, 6.07) is 4.02. The lowest BCUT2D eigenvalue weighted by molar-refractivity contribution is -0.568. The zero-order valence-electron chi connectivity index (χ0n) is 9.14. The van der Waals surface area contributed by atoms with Gasteiger partial charge in [-0.15, -0.1) is 0 Å². The second-order valence-electron chi connectivity index (χ2n) is 3.22. The quantitative estimate of drug-likeness (QED) is 0.554. The Kier molecular flexibility index (Phi) is 4.54. The van der Waals surface area contributed by atoms with E-state index < -0.39 is 0 Å². The van der Waals surface area contributed by atoms with Gasteiger partial charge in [0.1, 0.15) is 0 Å². The van der Waals surface area contributed by atoms with E-state index in [0.717, 1.165) is 0 Å². The topological polar surface area (TPSA) is 30.2 Å². The summed E-state index contributed by atoms with van der Waals surface area (Å²) < 4.78 is 6.69. The average molecular weight is 206 g/mol. The van der Waals surface area contributed by atoms with Gasteiger partial charge in [0.25, 0.3) is 0 Å². The number of rotatable bonds is 4. The van der Waals surface area contributed by atoms with Crippen molar-refractivity contribution in [2.45, 2.75) is 20.3 Å². The second kappa shape index (κ2) is 5.96. The third kappa shape index (κ3) is 4.40. The molecule has 1 heterocycles. The highest BCUT2D eigenvalue weighted by atomic mass is 16.5. The van der Waals surface area contributed by atoms with Gasteiger partial charge >= 0.3 is 5.97 Å². The summed E-state index contributed by atoms with van der Waals surface area (Å²) in [6.45, 7) is 4.27. The average Bonchev–Trinajstić information content (AvgIpc) is 2.21. The van der Waals surface area contributed by atoms with Crippen molar-refractivity contribution in [2.24, 2.45) is 0 Å². The fourth-order valence-electron chi connectivity index (χ4n) is 1.10. The predicted molar refractivity (Wildman–Crippen MR) is 58.0 cm³/mol. The Morgan fingerprint density at radius 1 is 1.47 bits per heavy atom. The van der Waals surface area contributed by atoms with Crippen molar-refractivity contribution >= 4 is 12.2 Å². The van der Waals surface area contributed by atoms with Crippen LogP contribution in [0.25, 0.3) is 6.20 Å². The maximum absolute atomic E-state index is 11.0. The summed E-state index contributed by atoms with van der Waals surface area (Å²) in [7, 11) is 0. The van der Waals surface area contributed by atoms with E-state index in [0.29, 0.717) is 13.0 Å². The molecule has 0 N–H and O–H groups in total. The van der Waals surface area contributed by atoms with Crippen LogP contribution in [0, 0.1) is 6.92 Å². The zero-order chi connectivity index (χ0) is 11.1. The number of carbonyl (C=O) groups excluding carboxylic acids is 1. The van der Waals surface area contributed by atoms with Crippen molar-refractivity contribution in [1.29, 1.82) is 0 Å². The molecule has 0 saturated heterocycles. The van der Waals surface area contributed by atoms with E-state index in [1.807, 2.05) is 42.2 Å². The molecule has 0 fully saturated rings. The van der Waals surface area contributed by atoms with Gasteiger partial charge in [-0.3, -0.25) is 4.79 Å². The second-order valence-corrected chi connectivity index (χ2v) is 3.22. The molecule has 0 saturated carbocycles. The van der Waals surface area contributed by atoms with Gasteiger partial charge in [0.15, 0.2) is 18.6 Å². The van der Waals surface area contributed by atoms with Gasteiger partial charge < -0.3 is 4.74 Å². The van der Waals surface area contributed by atoms with E-state index in [9.17, 15) is 4.79 Å². The molecule has 1 rings (SSSR count). The van der Waals surface area contributed by atoms with Crippen LogP contribution in [0.15, 0.2) is 30.6 Å². The molecule has 0 aliphatic heterocycles. The molecule has 0 aliphatic rings. The third-order valence-electron chi connectivity index (χ3n) is 1.89. The van der Waals surface area contributed by atoms with Gasteiger partial charge in [-0.05, 0) is 25.5 Å². The number of nitrogens with zero attached hydrogens (tertiary/aromatic N) is 1. The SMILES string of the molecule is CCOC(=O)C/C=C/[n+]1ccc(C)cc1. The van der Waals surface area contributed by atoms with E-state index in [1.54, 1.807) is 13.0 Å². The van der Waals surface area contributed by atoms with Crippen molar-refractivity contribution in [3.8, 4) is 0 Å². The van der Waals surface area contributed by atoms with Crippen LogP contribution >= 0.6 is 0 Å². The minimum Gasteiger partial charge on any atom is -0.466 e. The molecule has 0 radical (unpaired) electrons. The Bertz CT molecular complexity index is 341. The molecule has 0 atom stereocenters. The van der Waals surface area contributed by atoms with Gasteiger partial charge in [0, 0.05) is 12.1 Å². The first-order chi connectivity index (χ1) is 7.22. The van der Waals surface area contributed by atoms with Crippen LogP contribution < -0.4 is 4.57 Å². The highest BCUT2D eigenvalue weighted by Gasteiger charge is 1.98. The molecule has 0 bridgehead atoms. The maximum Gasteiger partial charge on any atom is 0.309 e. The van der Waals surface area contributed by atoms with E-state index in [2.05, 4.69) is 0 Å². The molecule has 3 heteroatoms. The Morgan fingerprint density at radius 2 is 2.13 bits per heavy atom. The van der Waals surface area contributed by atoms with E-state index >= 15 is 0 Å². The van der Waals surface area contributed by atoms with Crippen molar-refractivity contribution in [3.05, 3.63) is 36.2 Å². The molecule has 3 nitrogen and oxygen atoms in total. The zero-order valence-corrected chi connectivity index (χ0v) is 9.14. The summed E-state index contributed by atoms with van der Waals surface area (Å²) in [5, 5.41) is 0. The lowest BCUT2D eigenvalue weighted by Gasteiger charge is -1.95. The summed E-state index contributed by atoms with van der Waals surface area (Å²) >= 11 is 0. The minimum atomic E-state index is -0.193. The number of esters is 1. The number of aromatic nitrogens is 1. The lowest BCUT2D eigenvalue weighted by Crippen LogP contribution is -2.24. The van der Waals surface area contributed by atoms with Gasteiger partial charge in [-0.2, -0.15) is 4.57 Å². The van der Waals surface area contributed by atoms with Crippen molar-refractivity contribution in [1.82, 2.24) is 0 Å². The number of aryl methyl sites for hydroxylation is 1. The predicted octanol–water partition coefficient (Wildman–Crippen LogP) is 1.71. The molecule has 0 aliphatic carbocycles. The molecule has 1 aromatic rings. The molecule has 0 spiro atoms. The molecular formula is C12H16NO2+. The smallest absolute Gasteiger partial charge is 0.309 e. The Labute approximate surface area is 90.0 Å². The molecular weight excluding hydrogens is 190 g/mol. The van der Waals surface area contributed by atoms with Gasteiger partial charge in [0.2, 0.25) is 0 Å². The number of ether oxygens (including phenoxy) is 1. The third-order valence-corrected chi connectivity index (χ3v) is 1.89. The van der Waals surface area contributed by atoms with Crippen molar-refractivity contribution in [2.75, 3.05) is 6.61 Å². The first kappa shape index (κ1) is 11.4. The van der Waals surface area contributed by atoms with Crippen molar-refractivity contribution < 1.29 is 14.1 Å². The van der Waals surface area contributed by atoms with Gasteiger partial charge in [-0.1, -0.05) is 0 Å². The highest BCUT2D eigenvalue weighted by Crippen LogP contribution is 1.91. The van der Waals surface area contributed by atoms with Crippen LogP contribution in [0.4, 0.5) is 0 Å². The van der Waals surface area contributed by atoms with E-state index in [1.165, 1.54) is 5.56 Å². The maximum atomic E-state index is 11.0. The minimum absolute atomic E-state index is 0.193. The molecule has 0 aromatic carbocycles. The molecule has 0 amide bonds. The first-order valence-electron chi connectivity index (χ1n) is 5.02. The van der Waals surface area contributed by atoms with Crippen LogP contribution in [0.1, 0.15) is 18.9 Å². The normalized spacial score (nSPS) is 10.5. The van der Waals surface area contributed by atoms with Crippen LogP contribution in [0.3, 0.4) is 0 Å². The monoisotopic (exact) mass is 206 g/mol. The van der Waals surface area contributed by atoms with Gasteiger partial charge in [-0.25, -0.2) is 0 Å². The standard InChI is InChI=1S/C12H16NO2/c1-3-15-12(14)5-4-8-13-9-6-11(2)7-10-13/h4,6-10H,3,5H2,1-2H3/q+1/b8-4+. The van der Waals surface area contributed by atoms with Crippen molar-refractivity contribution in [3.63, 3.8) is 0 Å². The Morgan fingerprint density at radius 3 is 2.73 bits per heavy atom. The fraction of sp³-hybridized carbons (Fsp3) is 0.333. The van der Waals surface area contributed by atoms with E-state index in [4.69, 9.17) is 4.74 Å². The summed E-state index contributed by atoms with van der Waals surface area (Å²) in [5.41, 5.74) is 1.21. The molecule has 1 aromatic heterocycles. The van der Waals surface area contributed by atoms with Crippen LogP contribution in [0.2, 0.25) is 0 Å². The van der Waals surface area contributed by atoms with Crippen LogP contribution in [0.5, 0.6) is 0 Å². The van der Waals surface area contributed by atoms with E-state index in [-0.39, 0.29) is 5.97 Å². The number of hydrogen-bond donors (Lipinski definition) is 0. The highest BCUT2D eigenvalue weighted by molar-refractivity contribution is 5.71. The molecule has 0 unspecified atom stereocenters. The molecule has 80 valence electrons. The largest absolute Gasteiger partial charge is 0.466 e.